The van der Waals surface area contributed by atoms with Crippen LogP contribution in [0, 0.1) is 0 Å². The molecule has 4 N–H and O–H groups in total. The van der Waals surface area contributed by atoms with E-state index in [2.05, 4.69) is 31.3 Å². The van der Waals surface area contributed by atoms with Crippen LogP contribution in [0.25, 0.3) is 26.8 Å². The minimum absolute atomic E-state index is 0.00936. The van der Waals surface area contributed by atoms with Gasteiger partial charge in [0, 0.05) is 47.2 Å². The fraction of sp³-hybridized carbons (Fsp3) is 0.464. The van der Waals surface area contributed by atoms with E-state index in [1.807, 2.05) is 49.0 Å². The number of carbonyl (C=O) groups is 3. The molecule has 12 heteroatoms. The highest BCUT2D eigenvalue weighted by molar-refractivity contribution is 8.00. The van der Waals surface area contributed by atoms with Crippen LogP contribution in [0.2, 0.25) is 0 Å². The number of hydrogen-bond acceptors (Lipinski definition) is 6. The van der Waals surface area contributed by atoms with Gasteiger partial charge in [0.1, 0.15) is 0 Å². The van der Waals surface area contributed by atoms with E-state index in [0.29, 0.717) is 43.7 Å². The van der Waals surface area contributed by atoms with Crippen LogP contribution >= 0.6 is 11.8 Å². The summed E-state index contributed by atoms with van der Waals surface area (Å²) in [5.74, 6) is 0.755. The van der Waals surface area contributed by atoms with Gasteiger partial charge in [-0.15, -0.1) is 0 Å². The van der Waals surface area contributed by atoms with Crippen LogP contribution in [0.5, 0.6) is 0 Å². The van der Waals surface area contributed by atoms with Gasteiger partial charge >= 0.3 is 6.03 Å². The Morgan fingerprint density at radius 2 is 1.90 bits per heavy atom. The summed E-state index contributed by atoms with van der Waals surface area (Å²) >= 11 is 1.89. The van der Waals surface area contributed by atoms with Gasteiger partial charge in [-0.1, -0.05) is 35.8 Å². The van der Waals surface area contributed by atoms with Gasteiger partial charge < -0.3 is 26.0 Å². The van der Waals surface area contributed by atoms with Crippen molar-refractivity contribution in [3.63, 3.8) is 0 Å². The van der Waals surface area contributed by atoms with E-state index in [9.17, 15) is 14.4 Å². The van der Waals surface area contributed by atoms with Crippen LogP contribution in [-0.2, 0) is 14.3 Å². The smallest absolute Gasteiger partial charge is 0.315 e. The molecular weight excluding hydrogens is 530 g/mol. The molecule has 40 heavy (non-hydrogen) atoms. The monoisotopic (exact) mass is 565 g/mol. The summed E-state index contributed by atoms with van der Waals surface area (Å²) in [6, 6.07) is 11.7. The standard InChI is InChI=1S/C28H35N7O4S/c1-18(19-6-7-21-16-22(34-35-29)9-8-20(21)15-19)14-26(37)31-11-13-39-12-10-30-25(36)5-3-2-4-24-27-23(17-40-24)32-28(38)33-27/h6-9,14-16,23-24,27H,2-5,10-13,17H2,1H3,(H,30,36)(H,31,37)(H2,32,33,38)/b18-14+/t23-,24-,27-/m0/s1. The Kier molecular flexibility index (Phi) is 10.7. The zero-order chi connectivity index (χ0) is 28.3. The van der Waals surface area contributed by atoms with Crippen molar-refractivity contribution in [2.45, 2.75) is 49.9 Å². The van der Waals surface area contributed by atoms with Crippen LogP contribution in [-0.4, -0.2) is 67.2 Å². The summed E-state index contributed by atoms with van der Waals surface area (Å²) in [4.78, 5) is 38.6. The lowest BCUT2D eigenvalue weighted by Crippen LogP contribution is -2.36. The van der Waals surface area contributed by atoms with Crippen molar-refractivity contribution in [1.82, 2.24) is 21.3 Å². The van der Waals surface area contributed by atoms with Gasteiger partial charge in [-0.25, -0.2) is 4.79 Å². The topological polar surface area (TPSA) is 157 Å². The van der Waals surface area contributed by atoms with E-state index in [0.717, 1.165) is 46.9 Å². The van der Waals surface area contributed by atoms with E-state index >= 15 is 0 Å². The van der Waals surface area contributed by atoms with Crippen LogP contribution < -0.4 is 21.3 Å². The number of unbranched alkanes of at least 4 members (excludes halogenated alkanes) is 1. The maximum absolute atomic E-state index is 12.3. The van der Waals surface area contributed by atoms with E-state index in [1.165, 1.54) is 0 Å². The highest BCUT2D eigenvalue weighted by atomic mass is 32.2. The molecule has 2 saturated heterocycles. The summed E-state index contributed by atoms with van der Waals surface area (Å²) in [7, 11) is 0. The number of azide groups is 1. The largest absolute Gasteiger partial charge is 0.378 e. The Morgan fingerprint density at radius 1 is 1.12 bits per heavy atom. The first-order valence-corrected chi connectivity index (χ1v) is 14.6. The molecule has 4 rings (SSSR count). The minimum Gasteiger partial charge on any atom is -0.378 e. The third-order valence-corrected chi connectivity index (χ3v) is 8.49. The predicted octanol–water partition coefficient (Wildman–Crippen LogP) is 4.16. The summed E-state index contributed by atoms with van der Waals surface area (Å²) in [5.41, 5.74) is 10.9. The SMILES string of the molecule is C/C(=C\C(=O)NCCOCCNC(=O)CCCC[C@@H]1SC[C@@H]2NC(=O)N[C@@H]21)c1ccc2cc(N=[N+]=[N-])ccc2c1. The molecule has 0 unspecified atom stereocenters. The van der Waals surface area contributed by atoms with Gasteiger partial charge in [0.05, 0.1) is 25.3 Å². The zero-order valence-electron chi connectivity index (χ0n) is 22.5. The fourth-order valence-corrected chi connectivity index (χ4v) is 6.44. The highest BCUT2D eigenvalue weighted by Gasteiger charge is 2.42. The quantitative estimate of drug-likeness (QED) is 0.0675. The number of nitrogens with one attached hydrogen (secondary N) is 4. The number of carbonyl (C=O) groups excluding carboxylic acids is 3. The lowest BCUT2D eigenvalue weighted by molar-refractivity contribution is -0.121. The highest BCUT2D eigenvalue weighted by Crippen LogP contribution is 2.33. The molecule has 2 aliphatic rings. The maximum atomic E-state index is 12.3. The normalized spacial score (nSPS) is 19.9. The summed E-state index contributed by atoms with van der Waals surface area (Å²) in [5, 5.41) is 17.6. The van der Waals surface area contributed by atoms with Crippen molar-refractivity contribution >= 4 is 51.6 Å². The Hall–Kier alpha value is -3.73. The summed E-state index contributed by atoms with van der Waals surface area (Å²) in [6.07, 6.45) is 4.80. The molecule has 0 saturated carbocycles. The van der Waals surface area contributed by atoms with Crippen molar-refractivity contribution in [1.29, 1.82) is 0 Å². The van der Waals surface area contributed by atoms with Crippen molar-refractivity contribution in [2.24, 2.45) is 5.11 Å². The van der Waals surface area contributed by atoms with Crippen molar-refractivity contribution in [3.05, 3.63) is 58.5 Å². The van der Waals surface area contributed by atoms with Crippen LogP contribution in [0.1, 0.15) is 38.2 Å². The molecule has 3 atom stereocenters. The third-order valence-electron chi connectivity index (χ3n) is 6.98. The molecule has 2 aromatic rings. The van der Waals surface area contributed by atoms with Gasteiger partial charge in [0.2, 0.25) is 11.8 Å². The Labute approximate surface area is 237 Å². The number of urea groups is 1. The number of amides is 4. The number of allylic oxidation sites excluding steroid dienone is 1. The minimum atomic E-state index is -0.202. The Balaban J connectivity index is 1.04. The van der Waals surface area contributed by atoms with E-state index in [-0.39, 0.29) is 29.9 Å². The van der Waals surface area contributed by atoms with Crippen LogP contribution in [0.3, 0.4) is 0 Å². The second kappa shape index (κ2) is 14.6. The first kappa shape index (κ1) is 29.3. The average molecular weight is 566 g/mol. The second-order valence-corrected chi connectivity index (χ2v) is 11.2. The molecule has 212 valence electrons. The van der Waals surface area contributed by atoms with Crippen LogP contribution in [0.15, 0.2) is 47.6 Å². The molecule has 2 fully saturated rings. The van der Waals surface area contributed by atoms with Gasteiger partial charge in [-0.05, 0) is 59.3 Å². The number of nitrogens with zero attached hydrogens (tertiary/aromatic N) is 3. The second-order valence-electron chi connectivity index (χ2n) is 9.88. The first-order chi connectivity index (χ1) is 19.4. The summed E-state index contributed by atoms with van der Waals surface area (Å²) in [6.45, 7) is 3.41. The molecule has 2 aliphatic heterocycles. The molecule has 0 radical (unpaired) electrons. The zero-order valence-corrected chi connectivity index (χ0v) is 23.3. The third kappa shape index (κ3) is 8.38. The molecular formula is C28H35N7O4S. The number of rotatable bonds is 14. The molecule has 0 aliphatic carbocycles. The summed E-state index contributed by atoms with van der Waals surface area (Å²) < 4.78 is 5.52. The number of ether oxygens (including phenoxy) is 1. The van der Waals surface area contributed by atoms with Crippen molar-refractivity contribution in [2.75, 3.05) is 32.1 Å². The van der Waals surface area contributed by atoms with Crippen LogP contribution in [0.4, 0.5) is 10.5 Å². The number of fused-ring (bicyclic) bond motifs is 2. The first-order valence-electron chi connectivity index (χ1n) is 13.5. The van der Waals surface area contributed by atoms with Gasteiger partial charge in [0.15, 0.2) is 0 Å². The van der Waals surface area contributed by atoms with Crippen molar-refractivity contribution < 1.29 is 19.1 Å². The van der Waals surface area contributed by atoms with E-state index < -0.39 is 0 Å². The molecule has 0 bridgehead atoms. The molecule has 2 heterocycles. The number of thioether (sulfide) groups is 1. The molecule has 11 nitrogen and oxygen atoms in total. The fourth-order valence-electron chi connectivity index (χ4n) is 4.90. The van der Waals surface area contributed by atoms with Gasteiger partial charge in [0.25, 0.3) is 0 Å². The average Bonchev–Trinajstić information content (AvgIpc) is 3.49. The Bertz CT molecular complexity index is 1310. The molecule has 0 aromatic heterocycles. The van der Waals surface area contributed by atoms with E-state index in [4.69, 9.17) is 10.3 Å². The van der Waals surface area contributed by atoms with Gasteiger partial charge in [-0.2, -0.15) is 11.8 Å². The van der Waals surface area contributed by atoms with E-state index in [1.54, 1.807) is 12.1 Å². The molecule has 2 aromatic carbocycles. The van der Waals surface area contributed by atoms with Crippen molar-refractivity contribution in [3.8, 4) is 0 Å². The Morgan fingerprint density at radius 3 is 2.73 bits per heavy atom. The number of benzene rings is 2. The maximum Gasteiger partial charge on any atom is 0.315 e. The van der Waals surface area contributed by atoms with Gasteiger partial charge in [-0.3, -0.25) is 9.59 Å². The lowest BCUT2D eigenvalue weighted by atomic mass is 10.0. The number of hydrogen-bond donors (Lipinski definition) is 4. The molecule has 0 spiro atoms. The molecule has 4 amide bonds. The lowest BCUT2D eigenvalue weighted by Gasteiger charge is -2.16. The predicted molar refractivity (Wildman–Crippen MR) is 157 cm³/mol.